The Morgan fingerprint density at radius 2 is 1.57 bits per heavy atom. The van der Waals surface area contributed by atoms with Crippen LogP contribution in [-0.2, 0) is 17.8 Å². The van der Waals surface area contributed by atoms with E-state index in [1.54, 1.807) is 6.92 Å². The summed E-state index contributed by atoms with van der Waals surface area (Å²) in [5, 5.41) is 20.9. The van der Waals surface area contributed by atoms with E-state index >= 15 is 0 Å². The third-order valence-electron chi connectivity index (χ3n) is 5.25. The summed E-state index contributed by atoms with van der Waals surface area (Å²) in [5.74, 6) is -0.625. The molecule has 1 heterocycles. The molecule has 1 aromatic rings. The van der Waals surface area contributed by atoms with Gasteiger partial charge in [-0.1, -0.05) is 34.9 Å². The van der Waals surface area contributed by atoms with E-state index in [4.69, 9.17) is 4.74 Å². The predicted molar refractivity (Wildman–Crippen MR) is 113 cm³/mol. The molecule has 2 N–H and O–H groups in total. The molecule has 152 valence electrons. The molecule has 1 aliphatic rings. The molecule has 28 heavy (non-hydrogen) atoms. The molecule has 0 radical (unpaired) electrons. The Bertz CT molecular complexity index is 837. The summed E-state index contributed by atoms with van der Waals surface area (Å²) >= 11 is 0. The molecule has 4 heteroatoms. The second-order valence-electron chi connectivity index (χ2n) is 7.89. The lowest BCUT2D eigenvalue weighted by atomic mass is 9.95. The first-order chi connectivity index (χ1) is 13.2. The van der Waals surface area contributed by atoms with E-state index in [0.29, 0.717) is 23.1 Å². The lowest BCUT2D eigenvalue weighted by Gasteiger charge is -2.12. The van der Waals surface area contributed by atoms with Crippen molar-refractivity contribution in [2.45, 2.75) is 73.3 Å². The first kappa shape index (κ1) is 21.8. The summed E-state index contributed by atoms with van der Waals surface area (Å²) in [6.45, 7) is 10.3. The second-order valence-corrected chi connectivity index (χ2v) is 7.89. The monoisotopic (exact) mass is 384 g/mol. The van der Waals surface area contributed by atoms with Gasteiger partial charge in [-0.05, 0) is 72.3 Å². The van der Waals surface area contributed by atoms with Gasteiger partial charge in [0.25, 0.3) is 0 Å². The van der Waals surface area contributed by atoms with Crippen LogP contribution in [0.15, 0.2) is 34.9 Å². The highest BCUT2D eigenvalue weighted by Crippen LogP contribution is 2.41. The number of hydrogen-bond acceptors (Lipinski definition) is 4. The van der Waals surface area contributed by atoms with Crippen LogP contribution in [0.3, 0.4) is 0 Å². The van der Waals surface area contributed by atoms with Gasteiger partial charge in [0.2, 0.25) is 0 Å². The van der Waals surface area contributed by atoms with Gasteiger partial charge in [0, 0.05) is 11.1 Å². The molecule has 4 nitrogen and oxygen atoms in total. The van der Waals surface area contributed by atoms with E-state index < -0.39 is 5.97 Å². The fraction of sp³-hybridized carbons (Fsp3) is 0.458. The van der Waals surface area contributed by atoms with Crippen LogP contribution in [0.25, 0.3) is 0 Å². The molecule has 0 aliphatic carbocycles. The topological polar surface area (TPSA) is 66.8 Å². The van der Waals surface area contributed by atoms with Crippen LogP contribution in [0.2, 0.25) is 0 Å². The van der Waals surface area contributed by atoms with Crippen molar-refractivity contribution in [1.29, 1.82) is 0 Å². The van der Waals surface area contributed by atoms with Crippen LogP contribution in [0.1, 0.15) is 80.4 Å². The van der Waals surface area contributed by atoms with Gasteiger partial charge in [0.15, 0.2) is 0 Å². The summed E-state index contributed by atoms with van der Waals surface area (Å²) in [5.41, 5.74) is 5.72. The van der Waals surface area contributed by atoms with E-state index in [9.17, 15) is 15.0 Å². The highest BCUT2D eigenvalue weighted by molar-refractivity contribution is 5.98. The number of allylic oxidation sites excluding steroid dienone is 6. The zero-order valence-corrected chi connectivity index (χ0v) is 17.7. The molecule has 0 saturated heterocycles. The molecule has 0 unspecified atom stereocenters. The van der Waals surface area contributed by atoms with Gasteiger partial charge in [-0.3, -0.25) is 0 Å². The smallest absolute Gasteiger partial charge is 0.342 e. The highest BCUT2D eigenvalue weighted by Gasteiger charge is 2.31. The van der Waals surface area contributed by atoms with E-state index in [0.717, 1.165) is 25.7 Å². The summed E-state index contributed by atoms with van der Waals surface area (Å²) in [6.07, 6.45) is 11.0. The van der Waals surface area contributed by atoms with Gasteiger partial charge in [-0.25, -0.2) is 4.79 Å². The normalized spacial score (nSPS) is 14.1. The molecule has 1 aromatic carbocycles. The van der Waals surface area contributed by atoms with Crippen molar-refractivity contribution in [3.05, 3.63) is 57.2 Å². The SMILES string of the molecule is CC(C)=CCCC(C)=CCCC(C)=CCc1c(O)c(C)c2c(c1O)C(=O)OC2. The standard InChI is InChI=1S/C24H32O4/c1-15(2)8-6-9-16(3)10-7-11-17(4)12-13-19-22(25)18(5)20-14-28-24(27)21(20)23(19)26/h8,10,12,25-26H,6-7,9,11,13-14H2,1-5H3. The van der Waals surface area contributed by atoms with Gasteiger partial charge in [-0.2, -0.15) is 0 Å². The van der Waals surface area contributed by atoms with E-state index in [-0.39, 0.29) is 23.7 Å². The number of aromatic hydroxyl groups is 2. The number of hydrogen-bond donors (Lipinski definition) is 2. The van der Waals surface area contributed by atoms with Gasteiger partial charge in [0.05, 0.1) is 0 Å². The Labute approximate surface area is 168 Å². The zero-order valence-electron chi connectivity index (χ0n) is 17.7. The fourth-order valence-electron chi connectivity index (χ4n) is 3.38. The van der Waals surface area contributed by atoms with Crippen molar-refractivity contribution >= 4 is 5.97 Å². The van der Waals surface area contributed by atoms with Crippen LogP contribution in [0.4, 0.5) is 0 Å². The number of cyclic esters (lactones) is 1. The minimum Gasteiger partial charge on any atom is -0.507 e. The first-order valence-corrected chi connectivity index (χ1v) is 9.90. The van der Waals surface area contributed by atoms with Gasteiger partial charge in [0.1, 0.15) is 23.7 Å². The molecule has 1 aliphatic heterocycles. The highest BCUT2D eigenvalue weighted by atomic mass is 16.5. The van der Waals surface area contributed by atoms with E-state index in [1.807, 2.05) is 6.08 Å². The predicted octanol–water partition coefficient (Wildman–Crippen LogP) is 6.04. The number of benzene rings is 1. The molecule has 0 amide bonds. The largest absolute Gasteiger partial charge is 0.507 e. The molecule has 0 atom stereocenters. The Morgan fingerprint density at radius 3 is 2.21 bits per heavy atom. The molecule has 0 aromatic heterocycles. The van der Waals surface area contributed by atoms with Gasteiger partial charge in [-0.15, -0.1) is 0 Å². The molecule has 0 saturated carbocycles. The Morgan fingerprint density at radius 1 is 0.964 bits per heavy atom. The lowest BCUT2D eigenvalue weighted by molar-refractivity contribution is 0.0533. The number of esters is 1. The Kier molecular flexibility index (Phi) is 7.50. The summed E-state index contributed by atoms with van der Waals surface area (Å²) in [4.78, 5) is 11.9. The minimum atomic E-state index is -0.522. The van der Waals surface area contributed by atoms with Crippen LogP contribution in [-0.4, -0.2) is 16.2 Å². The fourth-order valence-corrected chi connectivity index (χ4v) is 3.38. The maximum Gasteiger partial charge on any atom is 0.342 e. The van der Waals surface area contributed by atoms with Gasteiger partial charge < -0.3 is 14.9 Å². The molecule has 0 spiro atoms. The summed E-state index contributed by atoms with van der Waals surface area (Å²) in [7, 11) is 0. The molecule has 0 fully saturated rings. The van der Waals surface area contributed by atoms with E-state index in [1.165, 1.54) is 16.7 Å². The van der Waals surface area contributed by atoms with Crippen LogP contribution < -0.4 is 0 Å². The third kappa shape index (κ3) is 5.28. The molecular weight excluding hydrogens is 352 g/mol. The van der Waals surface area contributed by atoms with E-state index in [2.05, 4.69) is 39.8 Å². The number of phenolic OH excluding ortho intramolecular Hbond substituents is 2. The number of carbonyl (C=O) groups excluding carboxylic acids is 1. The summed E-state index contributed by atoms with van der Waals surface area (Å²) in [6, 6.07) is 0. The van der Waals surface area contributed by atoms with Crippen molar-refractivity contribution in [3.63, 3.8) is 0 Å². The number of fused-ring (bicyclic) bond motifs is 1. The van der Waals surface area contributed by atoms with Crippen LogP contribution in [0, 0.1) is 6.92 Å². The lowest BCUT2D eigenvalue weighted by Crippen LogP contribution is -2.00. The maximum absolute atomic E-state index is 11.9. The van der Waals surface area contributed by atoms with Crippen molar-refractivity contribution < 1.29 is 19.7 Å². The van der Waals surface area contributed by atoms with Crippen molar-refractivity contribution in [2.24, 2.45) is 0 Å². The first-order valence-electron chi connectivity index (χ1n) is 9.90. The Hall–Kier alpha value is -2.49. The van der Waals surface area contributed by atoms with Crippen molar-refractivity contribution in [3.8, 4) is 11.5 Å². The number of carbonyl (C=O) groups is 1. The minimum absolute atomic E-state index is 0.0496. The molecule has 0 bridgehead atoms. The average Bonchev–Trinajstić information content (AvgIpc) is 3.01. The number of ether oxygens (including phenoxy) is 1. The number of phenols is 2. The second kappa shape index (κ2) is 9.63. The average molecular weight is 385 g/mol. The van der Waals surface area contributed by atoms with Crippen molar-refractivity contribution in [1.82, 2.24) is 0 Å². The zero-order chi connectivity index (χ0) is 20.8. The maximum atomic E-state index is 11.9. The molecular formula is C24H32O4. The molecule has 2 rings (SSSR count). The van der Waals surface area contributed by atoms with Gasteiger partial charge >= 0.3 is 5.97 Å². The Balaban J connectivity index is 2.00. The van der Waals surface area contributed by atoms with Crippen LogP contribution >= 0.6 is 0 Å². The quantitative estimate of drug-likeness (QED) is 0.424. The van der Waals surface area contributed by atoms with Crippen LogP contribution in [0.5, 0.6) is 11.5 Å². The number of rotatable bonds is 8. The summed E-state index contributed by atoms with van der Waals surface area (Å²) < 4.78 is 5.00. The third-order valence-corrected chi connectivity index (χ3v) is 5.25. The van der Waals surface area contributed by atoms with Crippen molar-refractivity contribution in [2.75, 3.05) is 0 Å².